The monoisotopic (exact) mass is 286 g/mol. The Labute approximate surface area is 121 Å². The van der Waals surface area contributed by atoms with E-state index in [4.69, 9.17) is 9.78 Å². The molecule has 1 heterocycles. The van der Waals surface area contributed by atoms with Crippen molar-refractivity contribution < 1.29 is 9.45 Å². The summed E-state index contributed by atoms with van der Waals surface area (Å²) < 4.78 is 5.10. The highest BCUT2D eigenvalue weighted by atomic mass is 16.6. The molecule has 0 aliphatic heterocycles. The van der Waals surface area contributed by atoms with Crippen molar-refractivity contribution in [1.29, 1.82) is 5.26 Å². The van der Waals surface area contributed by atoms with Gasteiger partial charge in [0.15, 0.2) is 0 Å². The van der Waals surface area contributed by atoms with Gasteiger partial charge >= 0.3 is 5.69 Å². The van der Waals surface area contributed by atoms with Gasteiger partial charge in [-0.15, -0.1) is 0 Å². The Bertz CT molecular complexity index is 711. The minimum absolute atomic E-state index is 0.0240. The van der Waals surface area contributed by atoms with Gasteiger partial charge in [-0.05, 0) is 32.9 Å². The molecule has 0 bridgehead atoms. The van der Waals surface area contributed by atoms with Crippen LogP contribution in [0, 0.1) is 35.3 Å². The SMILES string of the molecule is Cc1noc(C)c1C(C)Nc1cccc(C#N)c1[N+](=O)[O-]. The molecule has 1 unspecified atom stereocenters. The third-order valence-electron chi connectivity index (χ3n) is 3.23. The molecular formula is C14H14N4O3. The molecule has 0 aliphatic carbocycles. The van der Waals surface area contributed by atoms with E-state index in [9.17, 15) is 10.1 Å². The number of hydrogen-bond donors (Lipinski definition) is 1. The summed E-state index contributed by atoms with van der Waals surface area (Å²) in [4.78, 5) is 10.6. The van der Waals surface area contributed by atoms with Crippen molar-refractivity contribution in [3.63, 3.8) is 0 Å². The molecule has 0 spiro atoms. The smallest absolute Gasteiger partial charge is 0.309 e. The molecule has 21 heavy (non-hydrogen) atoms. The minimum Gasteiger partial charge on any atom is -0.373 e. The molecule has 0 amide bonds. The van der Waals surface area contributed by atoms with Crippen molar-refractivity contribution in [2.75, 3.05) is 5.32 Å². The maximum atomic E-state index is 11.2. The van der Waals surface area contributed by atoms with Gasteiger partial charge in [0.05, 0.1) is 16.7 Å². The highest BCUT2D eigenvalue weighted by molar-refractivity contribution is 5.69. The summed E-state index contributed by atoms with van der Waals surface area (Å²) in [6.45, 7) is 5.45. The molecule has 1 aromatic carbocycles. The highest BCUT2D eigenvalue weighted by Gasteiger charge is 2.23. The summed E-state index contributed by atoms with van der Waals surface area (Å²) in [5, 5.41) is 27.1. The first-order chi connectivity index (χ1) is 9.95. The first-order valence-electron chi connectivity index (χ1n) is 6.32. The zero-order valence-corrected chi connectivity index (χ0v) is 11.9. The molecule has 0 saturated carbocycles. The maximum Gasteiger partial charge on any atom is 0.309 e. The lowest BCUT2D eigenvalue weighted by atomic mass is 10.1. The number of nitrogens with zero attached hydrogens (tertiary/aromatic N) is 3. The Morgan fingerprint density at radius 2 is 2.19 bits per heavy atom. The number of aromatic nitrogens is 1. The van der Waals surface area contributed by atoms with Gasteiger partial charge in [0.25, 0.3) is 0 Å². The van der Waals surface area contributed by atoms with Crippen molar-refractivity contribution in [1.82, 2.24) is 5.16 Å². The molecule has 1 atom stereocenters. The zero-order chi connectivity index (χ0) is 15.6. The van der Waals surface area contributed by atoms with E-state index in [1.54, 1.807) is 19.1 Å². The summed E-state index contributed by atoms with van der Waals surface area (Å²) in [7, 11) is 0. The second-order valence-corrected chi connectivity index (χ2v) is 4.67. The summed E-state index contributed by atoms with van der Waals surface area (Å²) in [5.74, 6) is 0.659. The van der Waals surface area contributed by atoms with Gasteiger partial charge < -0.3 is 9.84 Å². The van der Waals surface area contributed by atoms with Crippen molar-refractivity contribution in [3.05, 3.63) is 50.9 Å². The Hall–Kier alpha value is -2.88. The van der Waals surface area contributed by atoms with Crippen LogP contribution in [0.25, 0.3) is 0 Å². The fourth-order valence-electron chi connectivity index (χ4n) is 2.36. The van der Waals surface area contributed by atoms with E-state index in [1.165, 1.54) is 6.07 Å². The van der Waals surface area contributed by atoms with Crippen LogP contribution in [0.5, 0.6) is 0 Å². The fourth-order valence-corrected chi connectivity index (χ4v) is 2.36. The Morgan fingerprint density at radius 3 is 2.71 bits per heavy atom. The molecule has 0 radical (unpaired) electrons. The predicted octanol–water partition coefficient (Wildman–Crippen LogP) is 3.24. The third kappa shape index (κ3) is 2.69. The number of nitro benzene ring substituents is 1. The molecule has 7 nitrogen and oxygen atoms in total. The lowest BCUT2D eigenvalue weighted by Crippen LogP contribution is -2.10. The summed E-state index contributed by atoms with van der Waals surface area (Å²) in [6.07, 6.45) is 0. The summed E-state index contributed by atoms with van der Waals surface area (Å²) in [5.41, 5.74) is 1.68. The van der Waals surface area contributed by atoms with E-state index < -0.39 is 4.92 Å². The number of rotatable bonds is 4. The van der Waals surface area contributed by atoms with Crippen molar-refractivity contribution in [3.8, 4) is 6.07 Å². The molecule has 2 aromatic rings. The topological polar surface area (TPSA) is 105 Å². The number of benzene rings is 1. The van der Waals surface area contributed by atoms with Crippen LogP contribution < -0.4 is 5.32 Å². The summed E-state index contributed by atoms with van der Waals surface area (Å²) in [6, 6.07) is 6.21. The van der Waals surface area contributed by atoms with Gasteiger partial charge in [0.1, 0.15) is 23.1 Å². The standard InChI is InChI=1S/C14H14N4O3/c1-8(13-9(2)17-21-10(13)3)16-12-6-4-5-11(7-15)14(12)18(19)20/h4-6,8,16H,1-3H3. The maximum absolute atomic E-state index is 11.2. The lowest BCUT2D eigenvalue weighted by molar-refractivity contribution is -0.384. The molecule has 2 rings (SSSR count). The molecule has 1 N–H and O–H groups in total. The fraction of sp³-hybridized carbons (Fsp3) is 0.286. The predicted molar refractivity (Wildman–Crippen MR) is 75.8 cm³/mol. The highest BCUT2D eigenvalue weighted by Crippen LogP contribution is 2.32. The number of hydrogen-bond acceptors (Lipinski definition) is 6. The van der Waals surface area contributed by atoms with Crippen molar-refractivity contribution >= 4 is 11.4 Å². The molecule has 1 aromatic heterocycles. The van der Waals surface area contributed by atoms with Crippen LogP contribution in [0.4, 0.5) is 11.4 Å². The van der Waals surface area contributed by atoms with Gasteiger partial charge in [0.2, 0.25) is 0 Å². The van der Waals surface area contributed by atoms with Crippen LogP contribution in [-0.2, 0) is 0 Å². The second-order valence-electron chi connectivity index (χ2n) is 4.67. The van der Waals surface area contributed by atoms with Gasteiger partial charge in [-0.2, -0.15) is 5.26 Å². The zero-order valence-electron chi connectivity index (χ0n) is 11.9. The van der Waals surface area contributed by atoms with Crippen molar-refractivity contribution in [2.45, 2.75) is 26.8 Å². The molecule has 108 valence electrons. The van der Waals surface area contributed by atoms with Crippen LogP contribution in [0.2, 0.25) is 0 Å². The van der Waals surface area contributed by atoms with Crippen LogP contribution >= 0.6 is 0 Å². The van der Waals surface area contributed by atoms with E-state index in [1.807, 2.05) is 19.9 Å². The molecule has 7 heteroatoms. The van der Waals surface area contributed by atoms with E-state index >= 15 is 0 Å². The Morgan fingerprint density at radius 1 is 1.48 bits per heavy atom. The number of nitriles is 1. The van der Waals surface area contributed by atoms with Crippen molar-refractivity contribution in [2.24, 2.45) is 0 Å². The average Bonchev–Trinajstić information content (AvgIpc) is 2.77. The first kappa shape index (κ1) is 14.5. The average molecular weight is 286 g/mol. The largest absolute Gasteiger partial charge is 0.373 e. The van der Waals surface area contributed by atoms with Crippen LogP contribution in [0.1, 0.15) is 35.5 Å². The molecular weight excluding hydrogens is 272 g/mol. The molecule has 0 fully saturated rings. The number of aryl methyl sites for hydroxylation is 2. The summed E-state index contributed by atoms with van der Waals surface area (Å²) >= 11 is 0. The number of nitrogens with one attached hydrogen (secondary N) is 1. The van der Waals surface area contributed by atoms with Gasteiger partial charge in [-0.3, -0.25) is 10.1 Å². The van der Waals surface area contributed by atoms with E-state index in [-0.39, 0.29) is 17.3 Å². The molecule has 0 aliphatic rings. The van der Waals surface area contributed by atoms with Gasteiger partial charge in [-0.25, -0.2) is 0 Å². The normalized spacial score (nSPS) is 11.7. The van der Waals surface area contributed by atoms with Gasteiger partial charge in [0, 0.05) is 5.56 Å². The van der Waals surface area contributed by atoms with E-state index in [0.29, 0.717) is 11.4 Å². The lowest BCUT2D eigenvalue weighted by Gasteiger charge is -2.15. The van der Waals surface area contributed by atoms with Crippen LogP contribution in [0.15, 0.2) is 22.7 Å². The minimum atomic E-state index is -0.555. The number of anilines is 1. The first-order valence-corrected chi connectivity index (χ1v) is 6.32. The quantitative estimate of drug-likeness (QED) is 0.683. The Balaban J connectivity index is 2.41. The van der Waals surface area contributed by atoms with Crippen LogP contribution in [-0.4, -0.2) is 10.1 Å². The Kier molecular flexibility index (Phi) is 3.89. The third-order valence-corrected chi connectivity index (χ3v) is 3.23. The number of para-hydroxylation sites is 1. The molecule has 0 saturated heterocycles. The van der Waals surface area contributed by atoms with E-state index in [2.05, 4.69) is 10.5 Å². The van der Waals surface area contributed by atoms with Gasteiger partial charge in [-0.1, -0.05) is 11.2 Å². The second kappa shape index (κ2) is 5.63. The van der Waals surface area contributed by atoms with Crippen LogP contribution in [0.3, 0.4) is 0 Å². The number of nitro groups is 1. The van der Waals surface area contributed by atoms with E-state index in [0.717, 1.165) is 11.3 Å².